The lowest BCUT2D eigenvalue weighted by atomic mass is 10.0. The monoisotopic (exact) mass is 316 g/mol. The fourth-order valence-corrected chi connectivity index (χ4v) is 2.75. The van der Waals surface area contributed by atoms with E-state index in [1.54, 1.807) is 13.8 Å². The standard InChI is InChI=1S/C18H20O5/c1-17(20-3)18(2,21-4)23-16(19)15(22-17)14-10-9-12-7-5-6-8-13(12)11-14/h5-11,15H,1-4H3. The van der Waals surface area contributed by atoms with Crippen LogP contribution in [-0.4, -0.2) is 31.8 Å². The molecule has 0 radical (unpaired) electrons. The van der Waals surface area contributed by atoms with Crippen molar-refractivity contribution in [1.29, 1.82) is 0 Å². The summed E-state index contributed by atoms with van der Waals surface area (Å²) in [4.78, 5) is 12.4. The van der Waals surface area contributed by atoms with Gasteiger partial charge in [0, 0.05) is 21.1 Å². The Labute approximate surface area is 135 Å². The summed E-state index contributed by atoms with van der Waals surface area (Å²) < 4.78 is 22.2. The van der Waals surface area contributed by atoms with Crippen LogP contribution in [0.4, 0.5) is 0 Å². The molecule has 0 amide bonds. The topological polar surface area (TPSA) is 54.0 Å². The molecule has 5 nitrogen and oxygen atoms in total. The molecule has 0 aromatic heterocycles. The van der Waals surface area contributed by atoms with Crippen molar-refractivity contribution in [2.24, 2.45) is 0 Å². The van der Waals surface area contributed by atoms with Gasteiger partial charge in [0.15, 0.2) is 6.10 Å². The first kappa shape index (κ1) is 15.9. The molecule has 0 bridgehead atoms. The minimum absolute atomic E-state index is 0.501. The molecular weight excluding hydrogens is 296 g/mol. The van der Waals surface area contributed by atoms with Crippen molar-refractivity contribution in [2.45, 2.75) is 31.5 Å². The van der Waals surface area contributed by atoms with Crippen LogP contribution in [0.1, 0.15) is 25.5 Å². The molecule has 1 aliphatic heterocycles. The van der Waals surface area contributed by atoms with Gasteiger partial charge in [-0.1, -0.05) is 36.4 Å². The van der Waals surface area contributed by atoms with Gasteiger partial charge in [0.2, 0.25) is 5.79 Å². The van der Waals surface area contributed by atoms with Crippen molar-refractivity contribution < 1.29 is 23.7 Å². The molecule has 1 fully saturated rings. The molecule has 0 spiro atoms. The first-order valence-electron chi connectivity index (χ1n) is 7.42. The zero-order valence-electron chi connectivity index (χ0n) is 13.7. The average Bonchev–Trinajstić information content (AvgIpc) is 2.57. The molecule has 1 heterocycles. The van der Waals surface area contributed by atoms with Gasteiger partial charge in [0.05, 0.1) is 0 Å². The van der Waals surface area contributed by atoms with E-state index in [-0.39, 0.29) is 0 Å². The van der Waals surface area contributed by atoms with Crippen LogP contribution in [0.5, 0.6) is 0 Å². The fraction of sp³-hybridized carbons (Fsp3) is 0.389. The van der Waals surface area contributed by atoms with E-state index in [0.29, 0.717) is 0 Å². The third-order valence-electron chi connectivity index (χ3n) is 4.53. The predicted molar refractivity (Wildman–Crippen MR) is 84.7 cm³/mol. The molecule has 0 N–H and O–H groups in total. The summed E-state index contributed by atoms with van der Waals surface area (Å²) in [5.41, 5.74) is 0.718. The van der Waals surface area contributed by atoms with E-state index in [4.69, 9.17) is 18.9 Å². The van der Waals surface area contributed by atoms with Crippen LogP contribution in [0, 0.1) is 0 Å². The second-order valence-corrected chi connectivity index (χ2v) is 5.83. The Morgan fingerprint density at radius 3 is 2.26 bits per heavy atom. The number of hydrogen-bond acceptors (Lipinski definition) is 5. The Hall–Kier alpha value is -1.95. The Bertz CT molecular complexity index is 743. The van der Waals surface area contributed by atoms with Crippen molar-refractivity contribution >= 4 is 16.7 Å². The summed E-state index contributed by atoms with van der Waals surface area (Å²) in [6.45, 7) is 3.31. The van der Waals surface area contributed by atoms with E-state index in [1.165, 1.54) is 14.2 Å². The van der Waals surface area contributed by atoms with Crippen molar-refractivity contribution in [2.75, 3.05) is 14.2 Å². The first-order chi connectivity index (χ1) is 10.9. The predicted octanol–water partition coefficient (Wildman–Crippen LogP) is 3.18. The molecular formula is C18H20O5. The van der Waals surface area contributed by atoms with Crippen LogP contribution in [-0.2, 0) is 23.7 Å². The third-order valence-corrected chi connectivity index (χ3v) is 4.53. The molecule has 122 valence electrons. The van der Waals surface area contributed by atoms with Gasteiger partial charge in [-0.3, -0.25) is 0 Å². The van der Waals surface area contributed by atoms with E-state index < -0.39 is 23.6 Å². The minimum Gasteiger partial charge on any atom is -0.425 e. The summed E-state index contributed by atoms with van der Waals surface area (Å²) in [5.74, 6) is -3.03. The molecule has 3 rings (SSSR count). The van der Waals surface area contributed by atoms with E-state index in [0.717, 1.165) is 16.3 Å². The van der Waals surface area contributed by atoms with Crippen molar-refractivity contribution in [3.8, 4) is 0 Å². The van der Waals surface area contributed by atoms with Crippen molar-refractivity contribution in [3.05, 3.63) is 48.0 Å². The lowest BCUT2D eigenvalue weighted by Crippen LogP contribution is -2.62. The molecule has 0 saturated carbocycles. The molecule has 1 aliphatic rings. The summed E-state index contributed by atoms with van der Waals surface area (Å²) in [7, 11) is 2.94. The van der Waals surface area contributed by atoms with E-state index in [9.17, 15) is 4.79 Å². The van der Waals surface area contributed by atoms with Crippen LogP contribution in [0.2, 0.25) is 0 Å². The number of rotatable bonds is 3. The lowest BCUT2D eigenvalue weighted by Gasteiger charge is -2.47. The maximum absolute atomic E-state index is 12.4. The first-order valence-corrected chi connectivity index (χ1v) is 7.42. The van der Waals surface area contributed by atoms with Gasteiger partial charge in [-0.05, 0) is 29.3 Å². The second-order valence-electron chi connectivity index (χ2n) is 5.83. The molecule has 3 unspecified atom stereocenters. The molecule has 0 aliphatic carbocycles. The maximum atomic E-state index is 12.4. The lowest BCUT2D eigenvalue weighted by molar-refractivity contribution is -0.407. The highest BCUT2D eigenvalue weighted by Crippen LogP contribution is 2.42. The molecule has 2 aromatic carbocycles. The number of carbonyl (C=O) groups excluding carboxylic acids is 1. The van der Waals surface area contributed by atoms with Crippen LogP contribution >= 0.6 is 0 Å². The fourth-order valence-electron chi connectivity index (χ4n) is 2.75. The number of esters is 1. The van der Waals surface area contributed by atoms with Crippen LogP contribution in [0.25, 0.3) is 10.8 Å². The van der Waals surface area contributed by atoms with Crippen molar-refractivity contribution in [1.82, 2.24) is 0 Å². The summed E-state index contributed by atoms with van der Waals surface area (Å²) in [5, 5.41) is 2.12. The number of carbonyl (C=O) groups is 1. The Kier molecular flexibility index (Phi) is 3.88. The quantitative estimate of drug-likeness (QED) is 0.814. The van der Waals surface area contributed by atoms with E-state index >= 15 is 0 Å². The second kappa shape index (κ2) is 5.60. The van der Waals surface area contributed by atoms with Gasteiger partial charge >= 0.3 is 5.97 Å². The highest BCUT2D eigenvalue weighted by Gasteiger charge is 2.57. The maximum Gasteiger partial charge on any atom is 0.342 e. The molecule has 23 heavy (non-hydrogen) atoms. The number of cyclic esters (lactones) is 1. The minimum atomic E-state index is -1.31. The van der Waals surface area contributed by atoms with Gasteiger partial charge in [0.1, 0.15) is 0 Å². The SMILES string of the molecule is COC1(C)OC(=O)C(c2ccc3ccccc3c2)OC1(C)OC. The molecule has 1 saturated heterocycles. The highest BCUT2D eigenvalue weighted by molar-refractivity contribution is 5.85. The van der Waals surface area contributed by atoms with Gasteiger partial charge in [-0.25, -0.2) is 4.79 Å². The van der Waals surface area contributed by atoms with E-state index in [2.05, 4.69) is 0 Å². The van der Waals surface area contributed by atoms with Gasteiger partial charge < -0.3 is 18.9 Å². The zero-order valence-corrected chi connectivity index (χ0v) is 13.7. The molecule has 5 heteroatoms. The number of benzene rings is 2. The average molecular weight is 316 g/mol. The van der Waals surface area contributed by atoms with Crippen molar-refractivity contribution in [3.63, 3.8) is 0 Å². The van der Waals surface area contributed by atoms with Gasteiger partial charge in [0.25, 0.3) is 5.79 Å². The van der Waals surface area contributed by atoms with Gasteiger partial charge in [-0.2, -0.15) is 0 Å². The summed E-state index contributed by atoms with van der Waals surface area (Å²) in [6.07, 6.45) is -0.868. The molecule has 2 aromatic rings. The van der Waals surface area contributed by atoms with Crippen LogP contribution in [0.15, 0.2) is 42.5 Å². The third kappa shape index (κ3) is 2.51. The van der Waals surface area contributed by atoms with Crippen LogP contribution < -0.4 is 0 Å². The number of fused-ring (bicyclic) bond motifs is 1. The van der Waals surface area contributed by atoms with Crippen LogP contribution in [0.3, 0.4) is 0 Å². The smallest absolute Gasteiger partial charge is 0.342 e. The number of ether oxygens (including phenoxy) is 4. The zero-order chi connectivity index (χ0) is 16.7. The summed E-state index contributed by atoms with van der Waals surface area (Å²) in [6, 6.07) is 13.7. The summed E-state index contributed by atoms with van der Waals surface area (Å²) >= 11 is 0. The van der Waals surface area contributed by atoms with Gasteiger partial charge in [-0.15, -0.1) is 0 Å². The number of methoxy groups -OCH3 is 2. The highest BCUT2D eigenvalue weighted by atomic mass is 16.8. The Morgan fingerprint density at radius 1 is 0.957 bits per heavy atom. The Morgan fingerprint density at radius 2 is 1.61 bits per heavy atom. The number of hydrogen-bond donors (Lipinski definition) is 0. The van der Waals surface area contributed by atoms with E-state index in [1.807, 2.05) is 42.5 Å². The normalized spacial score (nSPS) is 31.1. The molecule has 3 atom stereocenters. The largest absolute Gasteiger partial charge is 0.425 e. The Balaban J connectivity index is 2.00.